The number of carbonyl (C=O) groups is 1. The Balaban J connectivity index is 2.08. The zero-order valence-electron chi connectivity index (χ0n) is 10.0. The number of hydrogen-bond donors (Lipinski definition) is 1. The topological polar surface area (TPSA) is 64.2 Å². The highest BCUT2D eigenvalue weighted by atomic mass is 16.2. The zero-order valence-corrected chi connectivity index (χ0v) is 10.0. The van der Waals surface area contributed by atoms with Crippen molar-refractivity contribution in [1.82, 2.24) is 14.7 Å². The molecule has 5 heteroatoms. The second kappa shape index (κ2) is 3.59. The molecular formula is C11H18N4O. The number of nitrogens with two attached hydrogens (primary N) is 1. The van der Waals surface area contributed by atoms with Crippen LogP contribution < -0.4 is 5.73 Å². The molecule has 1 saturated heterocycles. The van der Waals surface area contributed by atoms with E-state index in [2.05, 4.69) is 12.0 Å². The first kappa shape index (κ1) is 11.1. The van der Waals surface area contributed by atoms with Gasteiger partial charge in [-0.3, -0.25) is 9.48 Å². The van der Waals surface area contributed by atoms with E-state index in [1.807, 2.05) is 13.0 Å². The van der Waals surface area contributed by atoms with Crippen LogP contribution in [0.5, 0.6) is 0 Å². The van der Waals surface area contributed by atoms with E-state index < -0.39 is 0 Å². The lowest BCUT2D eigenvalue weighted by Gasteiger charge is -2.47. The normalized spacial score (nSPS) is 18.4. The van der Waals surface area contributed by atoms with Gasteiger partial charge in [-0.25, -0.2) is 0 Å². The number of aromatic nitrogens is 2. The fraction of sp³-hybridized carbons (Fsp3) is 0.636. The number of rotatable bonds is 2. The van der Waals surface area contributed by atoms with Crippen LogP contribution in [0.25, 0.3) is 0 Å². The lowest BCUT2D eigenvalue weighted by Crippen LogP contribution is -2.68. The summed E-state index contributed by atoms with van der Waals surface area (Å²) in [4.78, 5) is 13.9. The average Bonchev–Trinajstić information content (AvgIpc) is 2.52. The minimum Gasteiger partial charge on any atom is -0.333 e. The van der Waals surface area contributed by atoms with Crippen LogP contribution in [0.4, 0.5) is 0 Å². The molecule has 2 rings (SSSR count). The van der Waals surface area contributed by atoms with E-state index in [-0.39, 0.29) is 11.4 Å². The van der Waals surface area contributed by atoms with E-state index in [0.717, 1.165) is 12.1 Å². The molecule has 0 unspecified atom stereocenters. The van der Waals surface area contributed by atoms with Crippen LogP contribution in [0.2, 0.25) is 0 Å². The van der Waals surface area contributed by atoms with Gasteiger partial charge in [-0.15, -0.1) is 0 Å². The summed E-state index contributed by atoms with van der Waals surface area (Å²) in [6.07, 6.45) is 0.904. The second-order valence-electron chi connectivity index (χ2n) is 4.67. The molecule has 0 spiro atoms. The molecule has 2 heterocycles. The molecule has 1 aromatic heterocycles. The van der Waals surface area contributed by atoms with E-state index in [9.17, 15) is 4.79 Å². The number of carbonyl (C=O) groups excluding carboxylic acids is 1. The first-order valence-corrected chi connectivity index (χ1v) is 5.54. The van der Waals surface area contributed by atoms with Crippen LogP contribution in [0.3, 0.4) is 0 Å². The molecule has 1 aliphatic rings. The van der Waals surface area contributed by atoms with Crippen molar-refractivity contribution in [1.29, 1.82) is 0 Å². The lowest BCUT2D eigenvalue weighted by atomic mass is 9.88. The fourth-order valence-corrected chi connectivity index (χ4v) is 2.05. The van der Waals surface area contributed by atoms with Gasteiger partial charge in [0, 0.05) is 20.1 Å². The maximum Gasteiger partial charge on any atom is 0.272 e. The smallest absolute Gasteiger partial charge is 0.272 e. The summed E-state index contributed by atoms with van der Waals surface area (Å²) in [5, 5.41) is 4.17. The predicted octanol–water partition coefficient (Wildman–Crippen LogP) is 0.292. The summed E-state index contributed by atoms with van der Waals surface area (Å²) < 4.78 is 1.63. The Hall–Kier alpha value is -1.36. The Morgan fingerprint density at radius 2 is 2.25 bits per heavy atom. The molecular weight excluding hydrogens is 204 g/mol. The first-order chi connectivity index (χ1) is 7.45. The minimum absolute atomic E-state index is 0.0256. The summed E-state index contributed by atoms with van der Waals surface area (Å²) in [6, 6.07) is 1.81. The predicted molar refractivity (Wildman–Crippen MR) is 61.1 cm³/mol. The zero-order chi connectivity index (χ0) is 11.9. The van der Waals surface area contributed by atoms with Gasteiger partial charge in [0.1, 0.15) is 5.69 Å². The van der Waals surface area contributed by atoms with Crippen molar-refractivity contribution in [3.05, 3.63) is 17.5 Å². The van der Waals surface area contributed by atoms with Gasteiger partial charge in [-0.05, 0) is 19.4 Å². The van der Waals surface area contributed by atoms with Gasteiger partial charge in [-0.2, -0.15) is 5.10 Å². The Kier molecular flexibility index (Phi) is 2.50. The number of amides is 1. The molecule has 0 bridgehead atoms. The largest absolute Gasteiger partial charge is 0.333 e. The highest BCUT2D eigenvalue weighted by Crippen LogP contribution is 2.23. The van der Waals surface area contributed by atoms with Crippen LogP contribution in [0, 0.1) is 6.92 Å². The Morgan fingerprint density at radius 1 is 1.62 bits per heavy atom. The van der Waals surface area contributed by atoms with Crippen molar-refractivity contribution in [2.45, 2.75) is 25.8 Å². The van der Waals surface area contributed by atoms with Gasteiger partial charge in [0.05, 0.1) is 11.2 Å². The maximum atomic E-state index is 12.1. The molecule has 0 saturated carbocycles. The number of nitrogens with zero attached hydrogens (tertiary/aromatic N) is 3. The Morgan fingerprint density at radius 3 is 2.69 bits per heavy atom. The second-order valence-corrected chi connectivity index (χ2v) is 4.67. The standard InChI is InChI=1S/C11H18N4O/c1-4-11(12)6-15(7-11)10(16)9-5-8(2)13-14(9)3/h5H,4,6-7,12H2,1-3H3. The average molecular weight is 222 g/mol. The van der Waals surface area contributed by atoms with Crippen LogP contribution in [0.15, 0.2) is 6.07 Å². The molecule has 0 atom stereocenters. The molecule has 0 radical (unpaired) electrons. The SMILES string of the molecule is CCC1(N)CN(C(=O)c2cc(C)nn2C)C1. The molecule has 1 aliphatic heterocycles. The van der Waals surface area contributed by atoms with Gasteiger partial charge < -0.3 is 10.6 Å². The van der Waals surface area contributed by atoms with Crippen molar-refractivity contribution < 1.29 is 4.79 Å². The van der Waals surface area contributed by atoms with Crippen molar-refractivity contribution in [2.24, 2.45) is 12.8 Å². The van der Waals surface area contributed by atoms with Gasteiger partial charge in [-0.1, -0.05) is 6.92 Å². The van der Waals surface area contributed by atoms with E-state index >= 15 is 0 Å². The van der Waals surface area contributed by atoms with Gasteiger partial charge in [0.15, 0.2) is 0 Å². The molecule has 2 N–H and O–H groups in total. The summed E-state index contributed by atoms with van der Waals surface area (Å²) in [5.74, 6) is 0.0256. The Bertz CT molecular complexity index is 418. The Labute approximate surface area is 95.2 Å². The van der Waals surface area contributed by atoms with E-state index in [1.165, 1.54) is 0 Å². The summed E-state index contributed by atoms with van der Waals surface area (Å²) in [7, 11) is 1.79. The summed E-state index contributed by atoms with van der Waals surface area (Å²) in [5.41, 5.74) is 7.35. The highest BCUT2D eigenvalue weighted by Gasteiger charge is 2.41. The third-order valence-corrected chi connectivity index (χ3v) is 3.22. The first-order valence-electron chi connectivity index (χ1n) is 5.54. The van der Waals surface area contributed by atoms with E-state index in [4.69, 9.17) is 5.73 Å². The van der Waals surface area contributed by atoms with Crippen LogP contribution >= 0.6 is 0 Å². The molecule has 5 nitrogen and oxygen atoms in total. The van der Waals surface area contributed by atoms with E-state index in [1.54, 1.807) is 16.6 Å². The monoisotopic (exact) mass is 222 g/mol. The van der Waals surface area contributed by atoms with Crippen LogP contribution in [-0.2, 0) is 7.05 Å². The molecule has 1 fully saturated rings. The maximum absolute atomic E-state index is 12.1. The molecule has 0 aliphatic carbocycles. The van der Waals surface area contributed by atoms with Crippen molar-refractivity contribution in [2.75, 3.05) is 13.1 Å². The molecule has 0 aromatic carbocycles. The fourth-order valence-electron chi connectivity index (χ4n) is 2.05. The van der Waals surface area contributed by atoms with E-state index in [0.29, 0.717) is 18.8 Å². The van der Waals surface area contributed by atoms with Crippen LogP contribution in [0.1, 0.15) is 29.5 Å². The van der Waals surface area contributed by atoms with Gasteiger partial charge in [0.25, 0.3) is 5.91 Å². The third kappa shape index (κ3) is 1.71. The summed E-state index contributed by atoms with van der Waals surface area (Å²) >= 11 is 0. The summed E-state index contributed by atoms with van der Waals surface area (Å²) in [6.45, 7) is 5.22. The quantitative estimate of drug-likeness (QED) is 0.782. The molecule has 16 heavy (non-hydrogen) atoms. The van der Waals surface area contributed by atoms with Gasteiger partial charge in [0.2, 0.25) is 0 Å². The van der Waals surface area contributed by atoms with Crippen molar-refractivity contribution >= 4 is 5.91 Å². The highest BCUT2D eigenvalue weighted by molar-refractivity contribution is 5.93. The minimum atomic E-state index is -0.177. The number of hydrogen-bond acceptors (Lipinski definition) is 3. The molecule has 1 aromatic rings. The van der Waals surface area contributed by atoms with Gasteiger partial charge >= 0.3 is 0 Å². The number of likely N-dealkylation sites (tertiary alicyclic amines) is 1. The van der Waals surface area contributed by atoms with Crippen molar-refractivity contribution in [3.63, 3.8) is 0 Å². The molecule has 88 valence electrons. The number of aryl methyl sites for hydroxylation is 2. The third-order valence-electron chi connectivity index (χ3n) is 3.22. The molecule has 1 amide bonds. The van der Waals surface area contributed by atoms with Crippen LogP contribution in [-0.4, -0.2) is 39.2 Å². The lowest BCUT2D eigenvalue weighted by molar-refractivity contribution is 0.0390. The van der Waals surface area contributed by atoms with Crippen molar-refractivity contribution in [3.8, 4) is 0 Å².